The molecule has 0 amide bonds. The predicted octanol–water partition coefficient (Wildman–Crippen LogP) is 2.38. The van der Waals surface area contributed by atoms with E-state index in [1.54, 1.807) is 13.8 Å². The molecule has 1 rings (SSSR count). The third-order valence-corrected chi connectivity index (χ3v) is 5.38. The van der Waals surface area contributed by atoms with Crippen LogP contribution in [0.1, 0.15) is 27.2 Å². The molecule has 2 atom stereocenters. The smallest absolute Gasteiger partial charge is 0.185 e. The van der Waals surface area contributed by atoms with Crippen molar-refractivity contribution in [2.75, 3.05) is 6.54 Å². The molecule has 0 saturated heterocycles. The number of hydrogen-bond acceptors (Lipinski definition) is 3. The molecule has 1 aromatic carbocycles. The fraction of sp³-hybridized carbons (Fsp3) is 0.538. The summed E-state index contributed by atoms with van der Waals surface area (Å²) in [5, 5.41) is 2.46. The van der Waals surface area contributed by atoms with E-state index in [0.29, 0.717) is 0 Å². The van der Waals surface area contributed by atoms with Gasteiger partial charge in [-0.05, 0) is 38.9 Å². The number of rotatable bonds is 6. The van der Waals surface area contributed by atoms with E-state index in [1.807, 2.05) is 6.92 Å². The Morgan fingerprint density at radius 1 is 1.28 bits per heavy atom. The molecule has 0 radical (unpaired) electrons. The van der Waals surface area contributed by atoms with Crippen molar-refractivity contribution in [2.45, 2.75) is 43.4 Å². The van der Waals surface area contributed by atoms with E-state index in [4.69, 9.17) is 0 Å². The predicted molar refractivity (Wildman–Crippen MR) is 70.8 cm³/mol. The van der Waals surface area contributed by atoms with Gasteiger partial charge in [-0.25, -0.2) is 12.8 Å². The number of sulfone groups is 1. The van der Waals surface area contributed by atoms with E-state index < -0.39 is 20.9 Å². The standard InChI is InChI=1S/C13H20FNO2S/c1-4-9-15-10(2)11(3)18(16,17)13-8-6-5-7-12(13)14/h5-8,10-11,15H,4,9H2,1-3H3. The maximum atomic E-state index is 13.6. The first-order chi connectivity index (χ1) is 8.41. The average molecular weight is 273 g/mol. The van der Waals surface area contributed by atoms with Gasteiger partial charge in [0, 0.05) is 6.04 Å². The van der Waals surface area contributed by atoms with Crippen LogP contribution in [0.4, 0.5) is 4.39 Å². The van der Waals surface area contributed by atoms with Crippen molar-refractivity contribution in [3.05, 3.63) is 30.1 Å². The van der Waals surface area contributed by atoms with Gasteiger partial charge in [0.15, 0.2) is 9.84 Å². The lowest BCUT2D eigenvalue weighted by molar-refractivity contribution is 0.503. The van der Waals surface area contributed by atoms with Crippen LogP contribution in [-0.2, 0) is 9.84 Å². The molecular weight excluding hydrogens is 253 g/mol. The van der Waals surface area contributed by atoms with E-state index in [-0.39, 0.29) is 10.9 Å². The minimum Gasteiger partial charge on any atom is -0.313 e. The first-order valence-electron chi connectivity index (χ1n) is 6.13. The normalized spacial score (nSPS) is 15.3. The third-order valence-electron chi connectivity index (χ3n) is 3.05. The molecule has 0 bridgehead atoms. The minimum atomic E-state index is -3.64. The second kappa shape index (κ2) is 6.29. The lowest BCUT2D eigenvalue weighted by Crippen LogP contribution is -2.40. The van der Waals surface area contributed by atoms with Crippen LogP contribution in [0.2, 0.25) is 0 Å². The SMILES string of the molecule is CCCNC(C)C(C)S(=O)(=O)c1ccccc1F. The summed E-state index contributed by atoms with van der Waals surface area (Å²) < 4.78 is 38.1. The first kappa shape index (κ1) is 15.1. The van der Waals surface area contributed by atoms with Gasteiger partial charge in [-0.1, -0.05) is 19.1 Å². The summed E-state index contributed by atoms with van der Waals surface area (Å²) in [6.07, 6.45) is 0.927. The maximum absolute atomic E-state index is 13.6. The maximum Gasteiger partial charge on any atom is 0.185 e. The Morgan fingerprint density at radius 2 is 1.89 bits per heavy atom. The molecule has 0 aliphatic heterocycles. The van der Waals surface area contributed by atoms with E-state index in [2.05, 4.69) is 5.32 Å². The Kier molecular flexibility index (Phi) is 5.28. The number of benzene rings is 1. The molecule has 0 aromatic heterocycles. The van der Waals surface area contributed by atoms with Crippen molar-refractivity contribution in [3.63, 3.8) is 0 Å². The molecule has 2 unspecified atom stereocenters. The Labute approximate surface area is 108 Å². The number of halogens is 1. The van der Waals surface area contributed by atoms with E-state index in [0.717, 1.165) is 13.0 Å². The Hall–Kier alpha value is -0.940. The van der Waals surface area contributed by atoms with Crippen molar-refractivity contribution in [1.82, 2.24) is 5.32 Å². The Morgan fingerprint density at radius 3 is 2.44 bits per heavy atom. The van der Waals surface area contributed by atoms with Crippen LogP contribution in [0.5, 0.6) is 0 Å². The summed E-state index contributed by atoms with van der Waals surface area (Å²) >= 11 is 0. The quantitative estimate of drug-likeness (QED) is 0.865. The summed E-state index contributed by atoms with van der Waals surface area (Å²) in [6.45, 7) is 6.17. The lowest BCUT2D eigenvalue weighted by Gasteiger charge is -2.21. The van der Waals surface area contributed by atoms with Crippen molar-refractivity contribution in [1.29, 1.82) is 0 Å². The van der Waals surface area contributed by atoms with Gasteiger partial charge in [-0.3, -0.25) is 0 Å². The summed E-state index contributed by atoms with van der Waals surface area (Å²) in [6, 6.07) is 5.29. The zero-order valence-corrected chi connectivity index (χ0v) is 11.8. The van der Waals surface area contributed by atoms with Gasteiger partial charge in [-0.2, -0.15) is 0 Å². The Balaban J connectivity index is 2.97. The molecule has 1 N–H and O–H groups in total. The molecule has 0 saturated carbocycles. The van der Waals surface area contributed by atoms with Gasteiger partial charge in [0.2, 0.25) is 0 Å². The minimum absolute atomic E-state index is 0.213. The first-order valence-corrected chi connectivity index (χ1v) is 7.67. The highest BCUT2D eigenvalue weighted by Crippen LogP contribution is 2.21. The molecule has 5 heteroatoms. The van der Waals surface area contributed by atoms with Crippen molar-refractivity contribution < 1.29 is 12.8 Å². The van der Waals surface area contributed by atoms with Gasteiger partial charge < -0.3 is 5.32 Å². The molecule has 0 aliphatic carbocycles. The molecular formula is C13H20FNO2S. The molecule has 18 heavy (non-hydrogen) atoms. The van der Waals surface area contributed by atoms with E-state index in [9.17, 15) is 12.8 Å². The number of hydrogen-bond donors (Lipinski definition) is 1. The van der Waals surface area contributed by atoms with Gasteiger partial charge in [0.25, 0.3) is 0 Å². The van der Waals surface area contributed by atoms with Gasteiger partial charge in [0.05, 0.1) is 5.25 Å². The van der Waals surface area contributed by atoms with Crippen molar-refractivity contribution in [2.24, 2.45) is 0 Å². The van der Waals surface area contributed by atoms with Crippen LogP contribution < -0.4 is 5.32 Å². The highest BCUT2D eigenvalue weighted by atomic mass is 32.2. The second-order valence-corrected chi connectivity index (χ2v) is 6.70. The molecule has 0 aliphatic rings. The highest BCUT2D eigenvalue weighted by Gasteiger charge is 2.29. The highest BCUT2D eigenvalue weighted by molar-refractivity contribution is 7.92. The van der Waals surface area contributed by atoms with Gasteiger partial charge in [-0.15, -0.1) is 0 Å². The zero-order chi connectivity index (χ0) is 13.8. The second-order valence-electron chi connectivity index (χ2n) is 4.42. The van der Waals surface area contributed by atoms with Crippen molar-refractivity contribution in [3.8, 4) is 0 Å². The lowest BCUT2D eigenvalue weighted by atomic mass is 10.2. The summed E-state index contributed by atoms with van der Waals surface area (Å²) in [4.78, 5) is -0.220. The van der Waals surface area contributed by atoms with Crippen LogP contribution in [0.25, 0.3) is 0 Å². The monoisotopic (exact) mass is 273 g/mol. The Bertz CT molecular complexity index is 488. The van der Waals surface area contributed by atoms with Crippen LogP contribution >= 0.6 is 0 Å². The molecule has 3 nitrogen and oxygen atoms in total. The van der Waals surface area contributed by atoms with Crippen LogP contribution in [0.3, 0.4) is 0 Å². The van der Waals surface area contributed by atoms with Gasteiger partial charge in [0.1, 0.15) is 10.7 Å². The molecule has 0 spiro atoms. The third kappa shape index (κ3) is 3.29. The van der Waals surface area contributed by atoms with Crippen LogP contribution in [0, 0.1) is 5.82 Å². The zero-order valence-electron chi connectivity index (χ0n) is 11.0. The molecule has 0 fully saturated rings. The van der Waals surface area contributed by atoms with Gasteiger partial charge >= 0.3 is 0 Å². The molecule has 1 aromatic rings. The van der Waals surface area contributed by atoms with Crippen LogP contribution in [0.15, 0.2) is 29.2 Å². The molecule has 102 valence electrons. The largest absolute Gasteiger partial charge is 0.313 e. The average Bonchev–Trinajstić information content (AvgIpc) is 2.35. The summed E-state index contributed by atoms with van der Waals surface area (Å²) in [5.41, 5.74) is 0. The van der Waals surface area contributed by atoms with E-state index in [1.165, 1.54) is 24.3 Å². The summed E-state index contributed by atoms with van der Waals surface area (Å²) in [7, 11) is -3.64. The number of nitrogens with one attached hydrogen (secondary N) is 1. The fourth-order valence-corrected chi connectivity index (χ4v) is 3.32. The topological polar surface area (TPSA) is 46.2 Å². The molecule has 0 heterocycles. The van der Waals surface area contributed by atoms with Crippen molar-refractivity contribution >= 4 is 9.84 Å². The fourth-order valence-electron chi connectivity index (χ4n) is 1.68. The van der Waals surface area contributed by atoms with E-state index >= 15 is 0 Å². The van der Waals surface area contributed by atoms with Crippen LogP contribution in [-0.4, -0.2) is 26.3 Å². The summed E-state index contributed by atoms with van der Waals surface area (Å²) in [5.74, 6) is -0.688.